The third-order valence-corrected chi connectivity index (χ3v) is 4.18. The monoisotopic (exact) mass is 307 g/mol. The van der Waals surface area contributed by atoms with Crippen LogP contribution in [0, 0.1) is 0 Å². The molecule has 5 nitrogen and oxygen atoms in total. The van der Waals surface area contributed by atoms with Gasteiger partial charge in [0.25, 0.3) is 0 Å². The molecule has 0 fully saturated rings. The summed E-state index contributed by atoms with van der Waals surface area (Å²) in [6.45, 7) is 0. The van der Waals surface area contributed by atoms with Gasteiger partial charge in [0.1, 0.15) is 11.5 Å². The predicted molar refractivity (Wildman–Crippen MR) is 89.7 cm³/mol. The van der Waals surface area contributed by atoms with Gasteiger partial charge in [0.15, 0.2) is 5.82 Å². The van der Waals surface area contributed by atoms with E-state index in [-0.39, 0.29) is 0 Å². The molecule has 3 aromatic rings. The number of nitrogens with zero attached hydrogens (tertiary/aromatic N) is 1. The molecule has 0 atom stereocenters. The van der Waals surface area contributed by atoms with Gasteiger partial charge in [0.2, 0.25) is 0 Å². The number of ether oxygens (including phenoxy) is 2. The van der Waals surface area contributed by atoms with E-state index in [1.165, 1.54) is 16.7 Å². The Bertz CT molecular complexity index is 870. The van der Waals surface area contributed by atoms with Crippen LogP contribution in [0.3, 0.4) is 0 Å². The van der Waals surface area contributed by atoms with Gasteiger partial charge in [-0.05, 0) is 35.9 Å². The molecule has 2 N–H and O–H groups in total. The summed E-state index contributed by atoms with van der Waals surface area (Å²) in [7, 11) is 3.35. The van der Waals surface area contributed by atoms with E-state index in [1.807, 2.05) is 30.3 Å². The van der Waals surface area contributed by atoms with Crippen molar-refractivity contribution in [1.29, 1.82) is 0 Å². The highest BCUT2D eigenvalue weighted by Gasteiger charge is 2.25. The molecule has 23 heavy (non-hydrogen) atoms. The van der Waals surface area contributed by atoms with Gasteiger partial charge >= 0.3 is 0 Å². The molecule has 0 amide bonds. The van der Waals surface area contributed by atoms with Gasteiger partial charge in [-0.1, -0.05) is 12.1 Å². The highest BCUT2D eigenvalue weighted by molar-refractivity contribution is 5.80. The fraction of sp³-hybridized carbons (Fsp3) is 0.167. The first-order chi connectivity index (χ1) is 11.3. The van der Waals surface area contributed by atoms with Crippen molar-refractivity contribution in [1.82, 2.24) is 10.2 Å². The summed E-state index contributed by atoms with van der Waals surface area (Å²) >= 11 is 0. The maximum absolute atomic E-state index is 5.39. The fourth-order valence-corrected chi connectivity index (χ4v) is 3.02. The number of H-pyrrole nitrogens is 1. The second kappa shape index (κ2) is 5.35. The van der Waals surface area contributed by atoms with Crippen LogP contribution in [0.25, 0.3) is 11.3 Å². The highest BCUT2D eigenvalue weighted by Crippen LogP contribution is 2.41. The lowest BCUT2D eigenvalue weighted by molar-refractivity contribution is 0.414. The number of hydrogen-bond donors (Lipinski definition) is 2. The summed E-state index contributed by atoms with van der Waals surface area (Å²) in [5.74, 6) is 2.50. The van der Waals surface area contributed by atoms with Crippen molar-refractivity contribution in [3.05, 3.63) is 53.6 Å². The molecule has 0 aliphatic heterocycles. The van der Waals surface area contributed by atoms with E-state index in [0.29, 0.717) is 0 Å². The van der Waals surface area contributed by atoms with Crippen molar-refractivity contribution < 1.29 is 9.47 Å². The highest BCUT2D eigenvalue weighted by atomic mass is 16.5. The number of anilines is 2. The minimum absolute atomic E-state index is 0.793. The Morgan fingerprint density at radius 3 is 2.78 bits per heavy atom. The lowest BCUT2D eigenvalue weighted by Gasteiger charge is -2.09. The Balaban J connectivity index is 1.69. The van der Waals surface area contributed by atoms with Gasteiger partial charge in [0, 0.05) is 17.5 Å². The number of methoxy groups -OCH3 is 2. The summed E-state index contributed by atoms with van der Waals surface area (Å²) in [5, 5.41) is 10.9. The first-order valence-corrected chi connectivity index (χ1v) is 7.44. The van der Waals surface area contributed by atoms with Gasteiger partial charge in [-0.15, -0.1) is 0 Å². The van der Waals surface area contributed by atoms with Crippen molar-refractivity contribution in [3.63, 3.8) is 0 Å². The zero-order chi connectivity index (χ0) is 15.8. The fourth-order valence-electron chi connectivity index (χ4n) is 3.02. The molecule has 0 unspecified atom stereocenters. The Morgan fingerprint density at radius 1 is 1.09 bits per heavy atom. The molecule has 5 heteroatoms. The van der Waals surface area contributed by atoms with Crippen LogP contribution in [0.4, 0.5) is 11.5 Å². The Hall–Kier alpha value is -2.95. The quantitative estimate of drug-likeness (QED) is 0.603. The number of hydrogen-bond acceptors (Lipinski definition) is 4. The van der Waals surface area contributed by atoms with Crippen molar-refractivity contribution in [2.45, 2.75) is 6.42 Å². The lowest BCUT2D eigenvalue weighted by Crippen LogP contribution is -1.97. The maximum atomic E-state index is 5.39. The van der Waals surface area contributed by atoms with Crippen LogP contribution in [0.15, 0.2) is 42.5 Å². The molecule has 0 bridgehead atoms. The molecule has 1 aliphatic carbocycles. The number of aromatic amines is 1. The SMILES string of the molecule is COc1ccc2c(c1)Cc1c(Nc3ccccc3OC)n[nH]c1-2. The van der Waals surface area contributed by atoms with Gasteiger partial charge in [0.05, 0.1) is 25.6 Å². The second-order valence-corrected chi connectivity index (χ2v) is 5.45. The van der Waals surface area contributed by atoms with Gasteiger partial charge in [-0.25, -0.2) is 0 Å². The molecule has 0 saturated heterocycles. The van der Waals surface area contributed by atoms with Crippen LogP contribution >= 0.6 is 0 Å². The normalized spacial score (nSPS) is 11.7. The Labute approximate surface area is 134 Å². The number of fused-ring (bicyclic) bond motifs is 3. The molecule has 0 spiro atoms. The molecular weight excluding hydrogens is 290 g/mol. The molecule has 116 valence electrons. The number of aromatic nitrogens is 2. The second-order valence-electron chi connectivity index (χ2n) is 5.45. The topological polar surface area (TPSA) is 59.2 Å². The predicted octanol–water partition coefficient (Wildman–Crippen LogP) is 3.74. The summed E-state index contributed by atoms with van der Waals surface area (Å²) in [6.07, 6.45) is 0.829. The lowest BCUT2D eigenvalue weighted by atomic mass is 10.1. The molecule has 4 rings (SSSR count). The van der Waals surface area contributed by atoms with E-state index in [9.17, 15) is 0 Å². The van der Waals surface area contributed by atoms with Crippen LogP contribution in [0.1, 0.15) is 11.1 Å². The third kappa shape index (κ3) is 2.21. The van der Waals surface area contributed by atoms with Gasteiger partial charge < -0.3 is 14.8 Å². The van der Waals surface area contributed by atoms with Crippen molar-refractivity contribution in [3.8, 4) is 22.8 Å². The number of benzene rings is 2. The van der Waals surface area contributed by atoms with Crippen LogP contribution in [-0.2, 0) is 6.42 Å². The van der Waals surface area contributed by atoms with Crippen LogP contribution in [-0.4, -0.2) is 24.4 Å². The Kier molecular flexibility index (Phi) is 3.19. The van der Waals surface area contributed by atoms with Crippen LogP contribution < -0.4 is 14.8 Å². The third-order valence-electron chi connectivity index (χ3n) is 4.18. The standard InChI is InChI=1S/C18H17N3O2/c1-22-12-7-8-13-11(9-12)10-14-17(13)20-21-18(14)19-15-5-3-4-6-16(15)23-2/h3-9H,10H2,1-2H3,(H2,19,20,21). The van der Waals surface area contributed by atoms with Crippen molar-refractivity contribution in [2.24, 2.45) is 0 Å². The minimum atomic E-state index is 0.793. The zero-order valence-electron chi connectivity index (χ0n) is 13.0. The van der Waals surface area contributed by atoms with E-state index in [2.05, 4.69) is 27.6 Å². The van der Waals surface area contributed by atoms with E-state index >= 15 is 0 Å². The average molecular weight is 307 g/mol. The van der Waals surface area contributed by atoms with Crippen LogP contribution in [0.5, 0.6) is 11.5 Å². The number of nitrogens with one attached hydrogen (secondary N) is 2. The molecule has 2 aromatic carbocycles. The number of para-hydroxylation sites is 2. The largest absolute Gasteiger partial charge is 0.497 e. The van der Waals surface area contributed by atoms with Crippen molar-refractivity contribution in [2.75, 3.05) is 19.5 Å². The van der Waals surface area contributed by atoms with E-state index in [0.717, 1.165) is 35.1 Å². The molecule has 0 saturated carbocycles. The Morgan fingerprint density at radius 2 is 1.96 bits per heavy atom. The molecular formula is C18H17N3O2. The van der Waals surface area contributed by atoms with Gasteiger partial charge in [-0.3, -0.25) is 5.10 Å². The average Bonchev–Trinajstić information content (AvgIpc) is 3.14. The van der Waals surface area contributed by atoms with Crippen LogP contribution in [0.2, 0.25) is 0 Å². The van der Waals surface area contributed by atoms with E-state index in [4.69, 9.17) is 9.47 Å². The summed E-state index contributed by atoms with van der Waals surface area (Å²) in [5.41, 5.74) is 5.56. The summed E-state index contributed by atoms with van der Waals surface area (Å²) < 4.78 is 10.7. The molecule has 1 aromatic heterocycles. The molecule has 1 aliphatic rings. The van der Waals surface area contributed by atoms with Crippen molar-refractivity contribution >= 4 is 11.5 Å². The minimum Gasteiger partial charge on any atom is -0.497 e. The molecule has 1 heterocycles. The summed E-state index contributed by atoms with van der Waals surface area (Å²) in [6, 6.07) is 13.9. The van der Waals surface area contributed by atoms with E-state index < -0.39 is 0 Å². The summed E-state index contributed by atoms with van der Waals surface area (Å²) in [4.78, 5) is 0. The number of rotatable bonds is 4. The smallest absolute Gasteiger partial charge is 0.156 e. The first-order valence-electron chi connectivity index (χ1n) is 7.44. The van der Waals surface area contributed by atoms with E-state index in [1.54, 1.807) is 14.2 Å². The zero-order valence-corrected chi connectivity index (χ0v) is 13.0. The van der Waals surface area contributed by atoms with Gasteiger partial charge in [-0.2, -0.15) is 5.10 Å². The maximum Gasteiger partial charge on any atom is 0.156 e. The first kappa shape index (κ1) is 13.7. The molecule has 0 radical (unpaired) electrons.